The standard InChI is InChI=1S/C17H23N5O2/c1-12(2)10-22-11-14(8-15(22)23)17(24)21-7-6-20-16-13(9-18)4-3-5-19-16/h3-5,12,14H,6-8,10-11H2,1-2H3,(H,19,20)(H,21,24)/t14-/m0/s1. The van der Waals surface area contributed by atoms with E-state index in [1.165, 1.54) is 0 Å². The number of rotatable bonds is 7. The highest BCUT2D eigenvalue weighted by molar-refractivity contribution is 5.89. The summed E-state index contributed by atoms with van der Waals surface area (Å²) >= 11 is 0. The normalized spacial score (nSPS) is 17.0. The summed E-state index contributed by atoms with van der Waals surface area (Å²) in [7, 11) is 0. The molecule has 0 aromatic carbocycles. The van der Waals surface area contributed by atoms with Gasteiger partial charge < -0.3 is 15.5 Å². The van der Waals surface area contributed by atoms with Gasteiger partial charge in [-0.2, -0.15) is 5.26 Å². The van der Waals surface area contributed by atoms with Crippen molar-refractivity contribution in [3.05, 3.63) is 23.9 Å². The maximum Gasteiger partial charge on any atom is 0.225 e. The first-order valence-corrected chi connectivity index (χ1v) is 8.15. The van der Waals surface area contributed by atoms with Crippen molar-refractivity contribution in [1.29, 1.82) is 5.26 Å². The zero-order valence-electron chi connectivity index (χ0n) is 14.1. The van der Waals surface area contributed by atoms with Crippen LogP contribution in [0.25, 0.3) is 0 Å². The van der Waals surface area contributed by atoms with E-state index in [1.54, 1.807) is 23.2 Å². The van der Waals surface area contributed by atoms with Crippen LogP contribution in [0.2, 0.25) is 0 Å². The van der Waals surface area contributed by atoms with E-state index < -0.39 is 0 Å². The van der Waals surface area contributed by atoms with Gasteiger partial charge in [0.15, 0.2) is 0 Å². The number of nitrogens with one attached hydrogen (secondary N) is 2. The summed E-state index contributed by atoms with van der Waals surface area (Å²) in [5, 5.41) is 14.8. The van der Waals surface area contributed by atoms with Gasteiger partial charge in [-0.25, -0.2) is 4.98 Å². The molecular formula is C17H23N5O2. The van der Waals surface area contributed by atoms with Crippen LogP contribution in [0.3, 0.4) is 0 Å². The van der Waals surface area contributed by atoms with Gasteiger partial charge in [-0.3, -0.25) is 9.59 Å². The van der Waals surface area contributed by atoms with Gasteiger partial charge in [0.1, 0.15) is 11.9 Å². The molecule has 0 bridgehead atoms. The Morgan fingerprint density at radius 2 is 2.29 bits per heavy atom. The van der Waals surface area contributed by atoms with Crippen molar-refractivity contribution in [1.82, 2.24) is 15.2 Å². The molecule has 2 N–H and O–H groups in total. The number of nitrogens with zero attached hydrogens (tertiary/aromatic N) is 3. The lowest BCUT2D eigenvalue weighted by atomic mass is 10.1. The van der Waals surface area contributed by atoms with Crippen LogP contribution in [0.1, 0.15) is 25.8 Å². The molecule has 7 nitrogen and oxygen atoms in total. The Morgan fingerprint density at radius 3 is 3.00 bits per heavy atom. The second-order valence-electron chi connectivity index (χ2n) is 6.32. The van der Waals surface area contributed by atoms with Crippen molar-refractivity contribution in [2.24, 2.45) is 11.8 Å². The summed E-state index contributed by atoms with van der Waals surface area (Å²) in [6.07, 6.45) is 1.89. The predicted octanol–water partition coefficient (Wildman–Crippen LogP) is 0.986. The highest BCUT2D eigenvalue weighted by Gasteiger charge is 2.34. The molecule has 1 fully saturated rings. The second kappa shape index (κ2) is 8.29. The summed E-state index contributed by atoms with van der Waals surface area (Å²) < 4.78 is 0. The maximum absolute atomic E-state index is 12.2. The van der Waals surface area contributed by atoms with Gasteiger partial charge in [-0.05, 0) is 18.1 Å². The molecular weight excluding hydrogens is 306 g/mol. The number of carbonyl (C=O) groups is 2. The third kappa shape index (κ3) is 4.69. The molecule has 1 saturated heterocycles. The van der Waals surface area contributed by atoms with Crippen LogP contribution >= 0.6 is 0 Å². The highest BCUT2D eigenvalue weighted by Crippen LogP contribution is 2.19. The first kappa shape index (κ1) is 17.7. The molecule has 128 valence electrons. The SMILES string of the molecule is CC(C)CN1C[C@@H](C(=O)NCCNc2ncccc2C#N)CC1=O. The summed E-state index contributed by atoms with van der Waals surface area (Å²) in [5.41, 5.74) is 0.467. The molecule has 0 saturated carbocycles. The molecule has 2 amide bonds. The van der Waals surface area contributed by atoms with Crippen molar-refractivity contribution < 1.29 is 9.59 Å². The quantitative estimate of drug-likeness (QED) is 0.727. The van der Waals surface area contributed by atoms with Crippen LogP contribution in [0.15, 0.2) is 18.3 Å². The number of anilines is 1. The molecule has 1 aliphatic heterocycles. The lowest BCUT2D eigenvalue weighted by Gasteiger charge is -2.18. The van der Waals surface area contributed by atoms with Crippen LogP contribution < -0.4 is 10.6 Å². The van der Waals surface area contributed by atoms with Crippen LogP contribution in [0, 0.1) is 23.2 Å². The molecule has 1 aromatic heterocycles. The maximum atomic E-state index is 12.2. The average molecular weight is 329 g/mol. The third-order valence-electron chi connectivity index (χ3n) is 3.82. The number of hydrogen-bond acceptors (Lipinski definition) is 5. The smallest absolute Gasteiger partial charge is 0.225 e. The van der Waals surface area contributed by atoms with Crippen molar-refractivity contribution in [2.75, 3.05) is 31.5 Å². The summed E-state index contributed by atoms with van der Waals surface area (Å²) in [6.45, 7) is 6.18. The Hall–Kier alpha value is -2.62. The van der Waals surface area contributed by atoms with Gasteiger partial charge in [0, 0.05) is 38.8 Å². The fourth-order valence-electron chi connectivity index (χ4n) is 2.71. The van der Waals surface area contributed by atoms with E-state index in [2.05, 4.69) is 35.5 Å². The van der Waals surface area contributed by atoms with Gasteiger partial charge >= 0.3 is 0 Å². The minimum Gasteiger partial charge on any atom is -0.367 e. The minimum absolute atomic E-state index is 0.0501. The van der Waals surface area contributed by atoms with Crippen molar-refractivity contribution >= 4 is 17.6 Å². The van der Waals surface area contributed by atoms with Crippen LogP contribution in [0.5, 0.6) is 0 Å². The van der Waals surface area contributed by atoms with E-state index in [1.807, 2.05) is 0 Å². The topological polar surface area (TPSA) is 98.1 Å². The molecule has 0 aliphatic carbocycles. The predicted molar refractivity (Wildman–Crippen MR) is 90.0 cm³/mol. The molecule has 0 unspecified atom stereocenters. The fourth-order valence-corrected chi connectivity index (χ4v) is 2.71. The molecule has 1 atom stereocenters. The summed E-state index contributed by atoms with van der Waals surface area (Å²) in [4.78, 5) is 29.9. The van der Waals surface area contributed by atoms with E-state index in [0.29, 0.717) is 43.5 Å². The Bertz CT molecular complexity index is 638. The second-order valence-corrected chi connectivity index (χ2v) is 6.32. The molecule has 1 aliphatic rings. The monoisotopic (exact) mass is 329 g/mol. The van der Waals surface area contributed by atoms with E-state index in [0.717, 1.165) is 0 Å². The van der Waals surface area contributed by atoms with Crippen molar-refractivity contribution in [2.45, 2.75) is 20.3 Å². The third-order valence-corrected chi connectivity index (χ3v) is 3.82. The molecule has 0 radical (unpaired) electrons. The molecule has 7 heteroatoms. The molecule has 0 spiro atoms. The van der Waals surface area contributed by atoms with Gasteiger partial charge in [-0.1, -0.05) is 13.8 Å². The van der Waals surface area contributed by atoms with E-state index >= 15 is 0 Å². The largest absolute Gasteiger partial charge is 0.367 e. The Morgan fingerprint density at radius 1 is 1.50 bits per heavy atom. The van der Waals surface area contributed by atoms with E-state index in [9.17, 15) is 9.59 Å². The highest BCUT2D eigenvalue weighted by atomic mass is 16.2. The number of carbonyl (C=O) groups excluding carboxylic acids is 2. The Kier molecular flexibility index (Phi) is 6.13. The van der Waals surface area contributed by atoms with E-state index in [4.69, 9.17) is 5.26 Å². The first-order chi connectivity index (χ1) is 11.5. The van der Waals surface area contributed by atoms with Gasteiger partial charge in [0.2, 0.25) is 11.8 Å². The average Bonchev–Trinajstić information content (AvgIpc) is 2.92. The summed E-state index contributed by atoms with van der Waals surface area (Å²) in [6, 6.07) is 5.44. The Balaban J connectivity index is 1.74. The number of amides is 2. The number of pyridine rings is 1. The van der Waals surface area contributed by atoms with Crippen LogP contribution in [0.4, 0.5) is 5.82 Å². The van der Waals surface area contributed by atoms with Crippen LogP contribution in [-0.4, -0.2) is 47.9 Å². The fraction of sp³-hybridized carbons (Fsp3) is 0.529. The number of likely N-dealkylation sites (tertiary alicyclic amines) is 1. The van der Waals surface area contributed by atoms with Gasteiger partial charge in [0.05, 0.1) is 11.5 Å². The molecule has 24 heavy (non-hydrogen) atoms. The molecule has 2 heterocycles. The number of aromatic nitrogens is 1. The number of nitriles is 1. The summed E-state index contributed by atoms with van der Waals surface area (Å²) in [5.74, 6) is 0.578. The molecule has 1 aromatic rings. The zero-order chi connectivity index (χ0) is 17.5. The lowest BCUT2D eigenvalue weighted by molar-refractivity contribution is -0.129. The van der Waals surface area contributed by atoms with E-state index in [-0.39, 0.29) is 24.2 Å². The minimum atomic E-state index is -0.277. The van der Waals surface area contributed by atoms with Gasteiger partial charge in [-0.15, -0.1) is 0 Å². The first-order valence-electron chi connectivity index (χ1n) is 8.15. The Labute approximate surface area is 142 Å². The molecule has 2 rings (SSSR count). The van der Waals surface area contributed by atoms with Gasteiger partial charge in [0.25, 0.3) is 0 Å². The zero-order valence-corrected chi connectivity index (χ0v) is 14.1. The van der Waals surface area contributed by atoms with Crippen molar-refractivity contribution in [3.8, 4) is 6.07 Å². The van der Waals surface area contributed by atoms with Crippen molar-refractivity contribution in [3.63, 3.8) is 0 Å². The van der Waals surface area contributed by atoms with Crippen LogP contribution in [-0.2, 0) is 9.59 Å². The lowest BCUT2D eigenvalue weighted by Crippen LogP contribution is -2.36. The number of hydrogen-bond donors (Lipinski definition) is 2.